The first kappa shape index (κ1) is 15.1. The van der Waals surface area contributed by atoms with Gasteiger partial charge in [0, 0.05) is 9.89 Å². The van der Waals surface area contributed by atoms with Crippen LogP contribution < -0.4 is 0 Å². The fourth-order valence-electron chi connectivity index (χ4n) is 1.93. The van der Waals surface area contributed by atoms with Crippen LogP contribution in [0.1, 0.15) is 37.6 Å². The molecule has 104 valence electrons. The summed E-state index contributed by atoms with van der Waals surface area (Å²) >= 11 is 9.69. The van der Waals surface area contributed by atoms with E-state index in [0.717, 1.165) is 15.7 Å². The van der Waals surface area contributed by atoms with Gasteiger partial charge in [0.25, 0.3) is 0 Å². The number of aromatic nitrogens is 2. The van der Waals surface area contributed by atoms with E-state index in [-0.39, 0.29) is 5.41 Å². The quantitative estimate of drug-likeness (QED) is 0.797. The topological polar surface area (TPSA) is 41.6 Å². The average molecular weight is 353 g/mol. The van der Waals surface area contributed by atoms with Crippen LogP contribution in [-0.4, -0.2) is 9.78 Å². The number of rotatable bonds is 2. The molecule has 0 bridgehead atoms. The predicted molar refractivity (Wildman–Crippen MR) is 83.9 cm³/mol. The van der Waals surface area contributed by atoms with Gasteiger partial charge in [0.1, 0.15) is 16.8 Å². The van der Waals surface area contributed by atoms with E-state index in [1.165, 1.54) is 0 Å². The van der Waals surface area contributed by atoms with Crippen molar-refractivity contribution < 1.29 is 0 Å². The van der Waals surface area contributed by atoms with Gasteiger partial charge in [0.2, 0.25) is 0 Å². The molecule has 0 amide bonds. The Labute approximate surface area is 132 Å². The first-order valence-electron chi connectivity index (χ1n) is 6.24. The van der Waals surface area contributed by atoms with Crippen LogP contribution in [-0.2, 0) is 12.0 Å². The molecule has 0 aliphatic heterocycles. The molecule has 20 heavy (non-hydrogen) atoms. The molecule has 0 fully saturated rings. The van der Waals surface area contributed by atoms with Crippen molar-refractivity contribution in [3.8, 4) is 6.07 Å². The van der Waals surface area contributed by atoms with E-state index in [9.17, 15) is 5.26 Å². The molecule has 1 aromatic heterocycles. The molecule has 0 radical (unpaired) electrons. The molecule has 0 aliphatic carbocycles. The highest BCUT2D eigenvalue weighted by molar-refractivity contribution is 9.10. The number of hydrogen-bond donors (Lipinski definition) is 0. The van der Waals surface area contributed by atoms with E-state index in [2.05, 4.69) is 27.1 Å². The van der Waals surface area contributed by atoms with Crippen LogP contribution in [0.5, 0.6) is 0 Å². The summed E-state index contributed by atoms with van der Waals surface area (Å²) in [7, 11) is 0. The Kier molecular flexibility index (Phi) is 4.22. The fourth-order valence-corrected chi connectivity index (χ4v) is 2.43. The molecule has 0 spiro atoms. The normalized spacial score (nSPS) is 11.4. The second-order valence-corrected chi connectivity index (χ2v) is 6.93. The summed E-state index contributed by atoms with van der Waals surface area (Å²) < 4.78 is 2.71. The molecule has 1 aromatic carbocycles. The molecule has 1 heterocycles. The molecule has 0 aliphatic rings. The van der Waals surface area contributed by atoms with Crippen molar-refractivity contribution in [1.82, 2.24) is 9.78 Å². The lowest BCUT2D eigenvalue weighted by atomic mass is 9.90. The first-order valence-corrected chi connectivity index (χ1v) is 7.41. The lowest BCUT2D eigenvalue weighted by Gasteiger charge is -2.15. The molecule has 0 saturated heterocycles. The number of hydrogen-bond acceptors (Lipinski definition) is 2. The van der Waals surface area contributed by atoms with Crippen molar-refractivity contribution in [1.29, 1.82) is 5.26 Å². The van der Waals surface area contributed by atoms with Crippen LogP contribution >= 0.6 is 27.5 Å². The van der Waals surface area contributed by atoms with Crippen LogP contribution in [0.4, 0.5) is 0 Å². The van der Waals surface area contributed by atoms with E-state index in [0.29, 0.717) is 17.3 Å². The summed E-state index contributed by atoms with van der Waals surface area (Å²) in [6.07, 6.45) is 0. The highest BCUT2D eigenvalue weighted by Gasteiger charge is 2.26. The van der Waals surface area contributed by atoms with Crippen molar-refractivity contribution in [3.05, 3.63) is 50.7 Å². The van der Waals surface area contributed by atoms with Crippen molar-refractivity contribution in [2.75, 3.05) is 0 Å². The van der Waals surface area contributed by atoms with Gasteiger partial charge in [-0.3, -0.25) is 0 Å². The minimum Gasteiger partial charge on any atom is -0.248 e. The Bertz CT molecular complexity index is 660. The van der Waals surface area contributed by atoms with Gasteiger partial charge < -0.3 is 0 Å². The predicted octanol–water partition coefficient (Wildman–Crippen LogP) is 4.52. The van der Waals surface area contributed by atoms with Crippen molar-refractivity contribution in [2.45, 2.75) is 32.7 Å². The van der Waals surface area contributed by atoms with Crippen LogP contribution in [0.25, 0.3) is 0 Å². The third-order valence-corrected chi connectivity index (χ3v) is 3.87. The summed E-state index contributed by atoms with van der Waals surface area (Å²) in [4.78, 5) is 0. The molecule has 0 unspecified atom stereocenters. The van der Waals surface area contributed by atoms with Crippen LogP contribution in [0.15, 0.2) is 28.7 Å². The summed E-state index contributed by atoms with van der Waals surface area (Å²) in [6, 6.07) is 10.1. The zero-order valence-corrected chi connectivity index (χ0v) is 14.0. The molecular formula is C15H15BrClN3. The van der Waals surface area contributed by atoms with Gasteiger partial charge in [-0.2, -0.15) is 10.4 Å². The molecule has 2 aromatic rings. The minimum atomic E-state index is -0.209. The molecule has 2 rings (SSSR count). The second kappa shape index (κ2) is 5.59. The van der Waals surface area contributed by atoms with E-state index in [1.807, 2.05) is 45.0 Å². The maximum atomic E-state index is 9.28. The van der Waals surface area contributed by atoms with Crippen molar-refractivity contribution >= 4 is 27.5 Å². The van der Waals surface area contributed by atoms with Gasteiger partial charge in [-0.1, -0.05) is 60.4 Å². The van der Waals surface area contributed by atoms with Gasteiger partial charge in [-0.15, -0.1) is 0 Å². The van der Waals surface area contributed by atoms with E-state index >= 15 is 0 Å². The molecular weight excluding hydrogens is 338 g/mol. The second-order valence-electron chi connectivity index (χ2n) is 5.66. The molecule has 0 saturated carbocycles. The summed E-state index contributed by atoms with van der Waals surface area (Å²) in [5.74, 6) is 0. The first-order chi connectivity index (χ1) is 9.32. The lowest BCUT2D eigenvalue weighted by Crippen LogP contribution is -2.14. The van der Waals surface area contributed by atoms with Crippen molar-refractivity contribution in [3.63, 3.8) is 0 Å². The summed E-state index contributed by atoms with van der Waals surface area (Å²) in [5, 5.41) is 14.2. The fraction of sp³-hybridized carbons (Fsp3) is 0.333. The minimum absolute atomic E-state index is 0.209. The molecule has 0 N–H and O–H groups in total. The third kappa shape index (κ3) is 3.05. The van der Waals surface area contributed by atoms with Crippen LogP contribution in [0.2, 0.25) is 5.15 Å². The van der Waals surface area contributed by atoms with E-state index < -0.39 is 0 Å². The van der Waals surface area contributed by atoms with Gasteiger partial charge in [-0.05, 0) is 17.7 Å². The SMILES string of the molecule is CC(C)(C)c1nn(Cc2ccc(Br)cc2)c(Cl)c1C#N. The van der Waals surface area contributed by atoms with Gasteiger partial charge in [0.15, 0.2) is 0 Å². The Morgan fingerprint density at radius 1 is 1.30 bits per heavy atom. The number of nitrogens with zero attached hydrogens (tertiary/aromatic N) is 3. The molecule has 5 heteroatoms. The maximum Gasteiger partial charge on any atom is 0.145 e. The summed E-state index contributed by atoms with van der Waals surface area (Å²) in [6.45, 7) is 6.63. The Morgan fingerprint density at radius 3 is 2.35 bits per heavy atom. The van der Waals surface area contributed by atoms with Gasteiger partial charge >= 0.3 is 0 Å². The lowest BCUT2D eigenvalue weighted by molar-refractivity contribution is 0.544. The van der Waals surface area contributed by atoms with Gasteiger partial charge in [0.05, 0.1) is 12.2 Å². The molecule has 0 atom stereocenters. The Morgan fingerprint density at radius 2 is 1.90 bits per heavy atom. The van der Waals surface area contributed by atoms with Gasteiger partial charge in [-0.25, -0.2) is 4.68 Å². The molecule has 3 nitrogen and oxygen atoms in total. The standard InChI is InChI=1S/C15H15BrClN3/c1-15(2,3)13-12(8-18)14(17)20(19-13)9-10-4-6-11(16)7-5-10/h4-7H,9H2,1-3H3. The monoisotopic (exact) mass is 351 g/mol. The average Bonchev–Trinajstić information content (AvgIpc) is 2.69. The summed E-state index contributed by atoms with van der Waals surface area (Å²) in [5.41, 5.74) is 2.08. The zero-order valence-electron chi connectivity index (χ0n) is 11.6. The van der Waals surface area contributed by atoms with Crippen LogP contribution in [0, 0.1) is 11.3 Å². The largest absolute Gasteiger partial charge is 0.248 e. The van der Waals surface area contributed by atoms with Crippen LogP contribution in [0.3, 0.4) is 0 Å². The van der Waals surface area contributed by atoms with Crippen molar-refractivity contribution in [2.24, 2.45) is 0 Å². The maximum absolute atomic E-state index is 9.28. The van der Waals surface area contributed by atoms with E-state index in [4.69, 9.17) is 11.6 Å². The number of nitriles is 1. The number of benzene rings is 1. The highest BCUT2D eigenvalue weighted by atomic mass is 79.9. The highest BCUT2D eigenvalue weighted by Crippen LogP contribution is 2.29. The number of halogens is 2. The zero-order chi connectivity index (χ0) is 14.9. The van der Waals surface area contributed by atoms with E-state index in [1.54, 1.807) is 4.68 Å². The smallest absolute Gasteiger partial charge is 0.145 e. The Balaban J connectivity index is 2.41. The third-order valence-electron chi connectivity index (χ3n) is 2.96. The Hall–Kier alpha value is -1.31.